The Hall–Kier alpha value is -3.34. The maximum absolute atomic E-state index is 4.72. The number of pyridine rings is 1. The molecule has 1 aromatic carbocycles. The summed E-state index contributed by atoms with van der Waals surface area (Å²) in [7, 11) is 1.90. The highest BCUT2D eigenvalue weighted by Gasteiger charge is 2.10. The molecule has 0 amide bonds. The molecule has 0 bridgehead atoms. The van der Waals surface area contributed by atoms with Crippen molar-refractivity contribution in [2.75, 3.05) is 0 Å². The lowest BCUT2D eigenvalue weighted by atomic mass is 9.97. The molecule has 0 saturated carbocycles. The van der Waals surface area contributed by atoms with E-state index in [1.54, 1.807) is 17.1 Å². The van der Waals surface area contributed by atoms with Crippen LogP contribution in [-0.2, 0) is 7.05 Å². The van der Waals surface area contributed by atoms with Crippen LogP contribution in [0.4, 0.5) is 0 Å². The lowest BCUT2D eigenvalue weighted by Crippen LogP contribution is -1.95. The van der Waals surface area contributed by atoms with Gasteiger partial charge in [-0.1, -0.05) is 18.7 Å². The molecular formula is C20H17N5. The number of aromatic nitrogens is 5. The first-order chi connectivity index (χ1) is 12.1. The molecule has 5 nitrogen and oxygen atoms in total. The summed E-state index contributed by atoms with van der Waals surface area (Å²) in [5.74, 6) is 0. The minimum atomic E-state index is 0.860. The van der Waals surface area contributed by atoms with E-state index in [1.165, 1.54) is 0 Å². The number of nitrogens with zero attached hydrogens (tertiary/aromatic N) is 5. The van der Waals surface area contributed by atoms with Crippen molar-refractivity contribution in [1.29, 1.82) is 0 Å². The third-order valence-corrected chi connectivity index (χ3v) is 4.23. The van der Waals surface area contributed by atoms with Gasteiger partial charge in [0, 0.05) is 42.5 Å². The van der Waals surface area contributed by atoms with E-state index < -0.39 is 0 Å². The van der Waals surface area contributed by atoms with E-state index in [0.717, 1.165) is 44.7 Å². The molecular weight excluding hydrogens is 310 g/mol. The smallest absolute Gasteiger partial charge is 0.0892 e. The molecule has 0 aliphatic heterocycles. The van der Waals surface area contributed by atoms with E-state index in [0.29, 0.717) is 0 Å². The number of aryl methyl sites for hydroxylation is 2. The molecule has 0 N–H and O–H groups in total. The molecule has 0 aliphatic carbocycles. The van der Waals surface area contributed by atoms with Gasteiger partial charge in [0.05, 0.1) is 22.9 Å². The minimum absolute atomic E-state index is 0.860. The van der Waals surface area contributed by atoms with Gasteiger partial charge in [-0.15, -0.1) is 0 Å². The monoisotopic (exact) mass is 327 g/mol. The molecule has 0 aliphatic rings. The van der Waals surface area contributed by atoms with Crippen LogP contribution < -0.4 is 0 Å². The Morgan fingerprint density at radius 3 is 2.56 bits per heavy atom. The van der Waals surface area contributed by atoms with Crippen molar-refractivity contribution in [3.05, 3.63) is 78.5 Å². The van der Waals surface area contributed by atoms with Gasteiger partial charge in [-0.2, -0.15) is 5.10 Å². The zero-order valence-electron chi connectivity index (χ0n) is 14.1. The van der Waals surface area contributed by atoms with Gasteiger partial charge >= 0.3 is 0 Å². The first-order valence-corrected chi connectivity index (χ1v) is 7.99. The van der Waals surface area contributed by atoms with Crippen LogP contribution in [0.2, 0.25) is 0 Å². The number of benzene rings is 1. The third kappa shape index (κ3) is 2.80. The van der Waals surface area contributed by atoms with Crippen LogP contribution in [0, 0.1) is 6.92 Å². The summed E-state index contributed by atoms with van der Waals surface area (Å²) < 4.78 is 1.77. The normalized spacial score (nSPS) is 11.0. The summed E-state index contributed by atoms with van der Waals surface area (Å²) in [5.41, 5.74) is 7.55. The maximum atomic E-state index is 4.72. The molecule has 25 heavy (non-hydrogen) atoms. The fourth-order valence-corrected chi connectivity index (χ4v) is 2.90. The van der Waals surface area contributed by atoms with Gasteiger partial charge in [0.25, 0.3) is 0 Å². The second-order valence-corrected chi connectivity index (χ2v) is 5.97. The molecule has 5 heteroatoms. The zero-order chi connectivity index (χ0) is 17.4. The van der Waals surface area contributed by atoms with Crippen molar-refractivity contribution < 1.29 is 0 Å². The Bertz CT molecular complexity index is 1090. The number of rotatable bonds is 3. The fraction of sp³-hybridized carbons (Fsp3) is 0.100. The van der Waals surface area contributed by atoms with Crippen molar-refractivity contribution in [3.63, 3.8) is 0 Å². The second-order valence-electron chi connectivity index (χ2n) is 5.97. The lowest BCUT2D eigenvalue weighted by Gasteiger charge is -2.11. The van der Waals surface area contributed by atoms with E-state index >= 15 is 0 Å². The van der Waals surface area contributed by atoms with Gasteiger partial charge < -0.3 is 0 Å². The summed E-state index contributed by atoms with van der Waals surface area (Å²) in [5, 5.41) is 4.20. The maximum Gasteiger partial charge on any atom is 0.0892 e. The van der Waals surface area contributed by atoms with E-state index in [9.17, 15) is 0 Å². The molecule has 3 heterocycles. The average Bonchev–Trinajstić information content (AvgIpc) is 3.07. The average molecular weight is 327 g/mol. The largest absolute Gasteiger partial charge is 0.275 e. The topological polar surface area (TPSA) is 56.5 Å². The Labute approximate surface area is 145 Å². The number of hydrogen-bond acceptors (Lipinski definition) is 4. The third-order valence-electron chi connectivity index (χ3n) is 4.23. The predicted octanol–water partition coefficient (Wildman–Crippen LogP) is 3.80. The molecule has 122 valence electrons. The van der Waals surface area contributed by atoms with E-state index in [2.05, 4.69) is 27.7 Å². The highest BCUT2D eigenvalue weighted by Crippen LogP contribution is 2.27. The standard InChI is InChI=1S/C20H17N5/c1-13(15-4-6-19-20(10-15)22-9-8-21-19)17-5-7-18(24-14(17)2)16-11-23-25(3)12-16/h4-12H,1H2,2-3H3. The summed E-state index contributed by atoms with van der Waals surface area (Å²) in [6.45, 7) is 6.27. The van der Waals surface area contributed by atoms with Crippen molar-refractivity contribution in [3.8, 4) is 11.3 Å². The molecule has 0 unspecified atom stereocenters. The molecule has 4 rings (SSSR count). The molecule has 0 saturated heterocycles. The Balaban J connectivity index is 1.71. The van der Waals surface area contributed by atoms with Gasteiger partial charge in [0.2, 0.25) is 0 Å². The van der Waals surface area contributed by atoms with Crippen LogP contribution in [0.3, 0.4) is 0 Å². The summed E-state index contributed by atoms with van der Waals surface area (Å²) >= 11 is 0. The molecule has 0 spiro atoms. The number of hydrogen-bond donors (Lipinski definition) is 0. The second kappa shape index (κ2) is 5.94. The van der Waals surface area contributed by atoms with E-state index in [1.807, 2.05) is 50.6 Å². The fourth-order valence-electron chi connectivity index (χ4n) is 2.90. The Kier molecular flexibility index (Phi) is 3.61. The van der Waals surface area contributed by atoms with Gasteiger partial charge in [0.1, 0.15) is 0 Å². The van der Waals surface area contributed by atoms with Crippen LogP contribution in [0.15, 0.2) is 61.7 Å². The van der Waals surface area contributed by atoms with Gasteiger partial charge in [-0.3, -0.25) is 19.6 Å². The molecule has 3 aromatic heterocycles. The van der Waals surface area contributed by atoms with E-state index in [4.69, 9.17) is 4.98 Å². The zero-order valence-corrected chi connectivity index (χ0v) is 14.1. The molecule has 4 aromatic rings. The summed E-state index contributed by atoms with van der Waals surface area (Å²) in [6.07, 6.45) is 7.17. The van der Waals surface area contributed by atoms with Crippen molar-refractivity contribution in [2.45, 2.75) is 6.92 Å². The van der Waals surface area contributed by atoms with Crippen LogP contribution >= 0.6 is 0 Å². The first-order valence-electron chi connectivity index (χ1n) is 7.99. The predicted molar refractivity (Wildman–Crippen MR) is 98.9 cm³/mol. The highest BCUT2D eigenvalue weighted by atomic mass is 15.2. The van der Waals surface area contributed by atoms with E-state index in [-0.39, 0.29) is 0 Å². The van der Waals surface area contributed by atoms with Crippen molar-refractivity contribution in [1.82, 2.24) is 24.7 Å². The van der Waals surface area contributed by atoms with Gasteiger partial charge in [-0.05, 0) is 36.3 Å². The Morgan fingerprint density at radius 1 is 1.04 bits per heavy atom. The van der Waals surface area contributed by atoms with Crippen molar-refractivity contribution >= 4 is 16.6 Å². The molecule has 0 fully saturated rings. The minimum Gasteiger partial charge on any atom is -0.275 e. The highest BCUT2D eigenvalue weighted by molar-refractivity contribution is 5.85. The SMILES string of the molecule is C=C(c1ccc2nccnc2c1)c1ccc(-c2cnn(C)c2)nc1C. The first kappa shape index (κ1) is 15.2. The Morgan fingerprint density at radius 2 is 1.84 bits per heavy atom. The summed E-state index contributed by atoms with van der Waals surface area (Å²) in [6, 6.07) is 10.1. The lowest BCUT2D eigenvalue weighted by molar-refractivity contribution is 0.768. The number of fused-ring (bicyclic) bond motifs is 1. The van der Waals surface area contributed by atoms with Crippen LogP contribution in [0.1, 0.15) is 16.8 Å². The van der Waals surface area contributed by atoms with Crippen molar-refractivity contribution in [2.24, 2.45) is 7.05 Å². The molecule has 0 atom stereocenters. The van der Waals surface area contributed by atoms with Gasteiger partial charge in [0.15, 0.2) is 0 Å². The van der Waals surface area contributed by atoms with Gasteiger partial charge in [-0.25, -0.2) is 0 Å². The summed E-state index contributed by atoms with van der Waals surface area (Å²) in [4.78, 5) is 13.4. The molecule has 0 radical (unpaired) electrons. The van der Waals surface area contributed by atoms with Crippen LogP contribution in [-0.4, -0.2) is 24.7 Å². The quantitative estimate of drug-likeness (QED) is 0.574. The van der Waals surface area contributed by atoms with Crippen LogP contribution in [0.5, 0.6) is 0 Å². The van der Waals surface area contributed by atoms with Crippen LogP contribution in [0.25, 0.3) is 27.9 Å².